The third-order valence-electron chi connectivity index (χ3n) is 2.22. The molecule has 0 saturated heterocycles. The van der Waals surface area contributed by atoms with Crippen molar-refractivity contribution in [3.63, 3.8) is 0 Å². The zero-order chi connectivity index (χ0) is 11.3. The largest absolute Gasteiger partial charge is 0.306 e. The molecule has 4 heteroatoms. The van der Waals surface area contributed by atoms with E-state index in [4.69, 9.17) is 0 Å². The Morgan fingerprint density at radius 2 is 2.27 bits per heavy atom. The molecule has 1 heterocycles. The molecule has 0 saturated carbocycles. The second-order valence-electron chi connectivity index (χ2n) is 3.84. The molecule has 1 unspecified atom stereocenters. The average Bonchev–Trinajstić information content (AvgIpc) is 2.68. The smallest absolute Gasteiger partial charge is 0.0832 e. The molecule has 0 bridgehead atoms. The number of rotatable bonds is 6. The van der Waals surface area contributed by atoms with Crippen molar-refractivity contribution in [2.24, 2.45) is 0 Å². The van der Waals surface area contributed by atoms with Gasteiger partial charge in [0.2, 0.25) is 0 Å². The van der Waals surface area contributed by atoms with Crippen LogP contribution in [0.15, 0.2) is 12.7 Å². The Hall–Kier alpha value is -0.740. The van der Waals surface area contributed by atoms with E-state index in [1.807, 2.05) is 6.08 Å². The van der Waals surface area contributed by atoms with Gasteiger partial charge < -0.3 is 5.32 Å². The minimum Gasteiger partial charge on any atom is -0.306 e. The molecule has 0 fully saturated rings. The normalized spacial score (nSPS) is 13.1. The van der Waals surface area contributed by atoms with E-state index in [9.17, 15) is 0 Å². The van der Waals surface area contributed by atoms with Crippen LogP contribution in [0.1, 0.15) is 49.7 Å². The summed E-state index contributed by atoms with van der Waals surface area (Å²) in [7, 11) is 0. The van der Waals surface area contributed by atoms with Crippen LogP contribution in [-0.4, -0.2) is 16.1 Å². The van der Waals surface area contributed by atoms with Crippen LogP contribution in [-0.2, 0) is 0 Å². The minimum absolute atomic E-state index is 0.197. The first kappa shape index (κ1) is 12.3. The number of hydrogen-bond donors (Lipinski definition) is 1. The first-order chi connectivity index (χ1) is 7.20. The predicted molar refractivity (Wildman–Crippen MR) is 65.2 cm³/mol. The summed E-state index contributed by atoms with van der Waals surface area (Å²) in [6.07, 6.45) is 3.05. The van der Waals surface area contributed by atoms with Crippen molar-refractivity contribution in [2.75, 3.05) is 6.54 Å². The van der Waals surface area contributed by atoms with Crippen molar-refractivity contribution in [1.29, 1.82) is 0 Å². The molecule has 1 N–H and O–H groups in total. The Kier molecular flexibility index (Phi) is 4.91. The van der Waals surface area contributed by atoms with Gasteiger partial charge in [0.1, 0.15) is 0 Å². The maximum absolute atomic E-state index is 4.17. The van der Waals surface area contributed by atoms with E-state index in [-0.39, 0.29) is 6.04 Å². The van der Waals surface area contributed by atoms with Gasteiger partial charge in [-0.1, -0.05) is 31.3 Å². The second kappa shape index (κ2) is 5.98. The summed E-state index contributed by atoms with van der Waals surface area (Å²) in [5, 5.41) is 7.60. The van der Waals surface area contributed by atoms with E-state index >= 15 is 0 Å². The lowest BCUT2D eigenvalue weighted by Crippen LogP contribution is -2.20. The van der Waals surface area contributed by atoms with E-state index < -0.39 is 0 Å². The van der Waals surface area contributed by atoms with E-state index in [0.29, 0.717) is 5.92 Å². The van der Waals surface area contributed by atoms with E-state index in [2.05, 4.69) is 42.3 Å². The van der Waals surface area contributed by atoms with Crippen LogP contribution in [0.4, 0.5) is 0 Å². The summed E-state index contributed by atoms with van der Waals surface area (Å²) >= 11 is 1.47. The molecule has 0 aliphatic rings. The van der Waals surface area contributed by atoms with E-state index in [1.54, 1.807) is 0 Å². The molecule has 15 heavy (non-hydrogen) atoms. The summed E-state index contributed by atoms with van der Waals surface area (Å²) in [5.74, 6) is 0.421. The van der Waals surface area contributed by atoms with Crippen molar-refractivity contribution in [3.8, 4) is 0 Å². The molecule has 0 aliphatic heterocycles. The number of nitrogens with zero attached hydrogens (tertiary/aromatic N) is 2. The summed E-state index contributed by atoms with van der Waals surface area (Å²) in [6, 6.07) is 0.197. The van der Waals surface area contributed by atoms with Gasteiger partial charge in [0.25, 0.3) is 0 Å². The van der Waals surface area contributed by atoms with E-state index in [1.165, 1.54) is 16.4 Å². The van der Waals surface area contributed by atoms with Crippen molar-refractivity contribution >= 4 is 11.5 Å². The summed E-state index contributed by atoms with van der Waals surface area (Å²) < 4.78 is 4.02. The lowest BCUT2D eigenvalue weighted by atomic mass is 10.1. The molecule has 1 aromatic rings. The van der Waals surface area contributed by atoms with Crippen LogP contribution in [0, 0.1) is 0 Å². The Morgan fingerprint density at radius 3 is 2.80 bits per heavy atom. The molecular weight excluding hydrogens is 206 g/mol. The third kappa shape index (κ3) is 3.11. The summed E-state index contributed by atoms with van der Waals surface area (Å²) in [6.45, 7) is 11.3. The fourth-order valence-corrected chi connectivity index (χ4v) is 2.28. The molecule has 0 radical (unpaired) electrons. The van der Waals surface area contributed by atoms with Crippen molar-refractivity contribution in [1.82, 2.24) is 14.9 Å². The Morgan fingerprint density at radius 1 is 1.53 bits per heavy atom. The zero-order valence-electron chi connectivity index (χ0n) is 9.66. The predicted octanol–water partition coefficient (Wildman–Crippen LogP) is 2.89. The Labute approximate surface area is 95.8 Å². The highest BCUT2D eigenvalue weighted by Gasteiger charge is 2.17. The van der Waals surface area contributed by atoms with Crippen molar-refractivity contribution in [2.45, 2.75) is 39.2 Å². The topological polar surface area (TPSA) is 37.8 Å². The highest BCUT2D eigenvalue weighted by Crippen LogP contribution is 2.26. The highest BCUT2D eigenvalue weighted by atomic mass is 32.1. The number of aromatic nitrogens is 2. The maximum atomic E-state index is 4.17. The highest BCUT2D eigenvalue weighted by molar-refractivity contribution is 7.05. The Bertz CT molecular complexity index is 307. The number of nitrogens with one attached hydrogen (secondary N) is 1. The SMILES string of the molecule is C=CC(NCCC)c1snnc1C(C)C. The first-order valence-corrected chi connectivity index (χ1v) is 6.16. The van der Waals surface area contributed by atoms with Gasteiger partial charge >= 0.3 is 0 Å². The molecule has 0 aliphatic carbocycles. The molecular formula is C11H19N3S. The van der Waals surface area contributed by atoms with Gasteiger partial charge in [-0.2, -0.15) is 0 Å². The monoisotopic (exact) mass is 225 g/mol. The molecule has 3 nitrogen and oxygen atoms in total. The van der Waals surface area contributed by atoms with Gasteiger partial charge in [-0.25, -0.2) is 0 Å². The lowest BCUT2D eigenvalue weighted by Gasteiger charge is -2.14. The number of hydrogen-bond acceptors (Lipinski definition) is 4. The summed E-state index contributed by atoms with van der Waals surface area (Å²) in [4.78, 5) is 1.20. The van der Waals surface area contributed by atoms with Crippen LogP contribution < -0.4 is 5.32 Å². The molecule has 0 aromatic carbocycles. The van der Waals surface area contributed by atoms with Crippen LogP contribution in [0.3, 0.4) is 0 Å². The maximum Gasteiger partial charge on any atom is 0.0832 e. The quantitative estimate of drug-likeness (QED) is 0.756. The van der Waals surface area contributed by atoms with Crippen molar-refractivity contribution in [3.05, 3.63) is 23.2 Å². The van der Waals surface area contributed by atoms with Gasteiger partial charge in [0.05, 0.1) is 16.6 Å². The molecule has 1 rings (SSSR count). The standard InChI is InChI=1S/C11H19N3S/c1-5-7-12-9(6-2)11-10(8(3)4)13-14-15-11/h6,8-9,12H,2,5,7H2,1,3-4H3. The van der Waals surface area contributed by atoms with Gasteiger partial charge in [-0.15, -0.1) is 11.7 Å². The summed E-state index contributed by atoms with van der Waals surface area (Å²) in [5.41, 5.74) is 1.09. The average molecular weight is 225 g/mol. The van der Waals surface area contributed by atoms with Crippen LogP contribution in [0.5, 0.6) is 0 Å². The van der Waals surface area contributed by atoms with Crippen LogP contribution in [0.2, 0.25) is 0 Å². The molecule has 1 atom stereocenters. The van der Waals surface area contributed by atoms with Gasteiger partial charge in [-0.3, -0.25) is 0 Å². The van der Waals surface area contributed by atoms with Gasteiger partial charge in [0, 0.05) is 0 Å². The second-order valence-corrected chi connectivity index (χ2v) is 4.63. The fraction of sp³-hybridized carbons (Fsp3) is 0.636. The Balaban J connectivity index is 2.81. The molecule has 1 aromatic heterocycles. The molecule has 84 valence electrons. The molecule has 0 spiro atoms. The third-order valence-corrected chi connectivity index (χ3v) is 3.04. The lowest BCUT2D eigenvalue weighted by molar-refractivity contribution is 0.610. The van der Waals surface area contributed by atoms with Crippen molar-refractivity contribution < 1.29 is 0 Å². The van der Waals surface area contributed by atoms with Gasteiger partial charge in [-0.05, 0) is 30.4 Å². The van der Waals surface area contributed by atoms with Crippen LogP contribution in [0.25, 0.3) is 0 Å². The fourth-order valence-electron chi connectivity index (χ4n) is 1.40. The molecule has 0 amide bonds. The first-order valence-electron chi connectivity index (χ1n) is 5.38. The van der Waals surface area contributed by atoms with Gasteiger partial charge in [0.15, 0.2) is 0 Å². The minimum atomic E-state index is 0.197. The zero-order valence-corrected chi connectivity index (χ0v) is 10.5. The van der Waals surface area contributed by atoms with E-state index in [0.717, 1.165) is 18.7 Å². The van der Waals surface area contributed by atoms with Crippen LogP contribution >= 0.6 is 11.5 Å².